The SMILES string of the molecule is Cc1ccc(S(=O)(=O)N(C(C)C)C2CC2)cc1C(=O)O. The van der Waals surface area contributed by atoms with Crippen molar-refractivity contribution in [2.24, 2.45) is 0 Å². The summed E-state index contributed by atoms with van der Waals surface area (Å²) < 4.78 is 26.8. The Morgan fingerprint density at radius 3 is 2.40 bits per heavy atom. The fourth-order valence-corrected chi connectivity index (χ4v) is 4.25. The molecule has 1 aromatic rings. The maximum atomic E-state index is 12.7. The molecule has 2 rings (SSSR count). The lowest BCUT2D eigenvalue weighted by molar-refractivity contribution is 0.0696. The highest BCUT2D eigenvalue weighted by molar-refractivity contribution is 7.89. The third-order valence-electron chi connectivity index (χ3n) is 3.43. The lowest BCUT2D eigenvalue weighted by atomic mass is 10.1. The average molecular weight is 297 g/mol. The molecule has 6 heteroatoms. The Balaban J connectivity index is 2.48. The van der Waals surface area contributed by atoms with E-state index in [2.05, 4.69) is 0 Å². The molecule has 0 radical (unpaired) electrons. The zero-order valence-corrected chi connectivity index (χ0v) is 12.6. The van der Waals surface area contributed by atoms with Crippen LogP contribution in [-0.2, 0) is 10.0 Å². The summed E-state index contributed by atoms with van der Waals surface area (Å²) in [7, 11) is -3.64. The summed E-state index contributed by atoms with van der Waals surface area (Å²) in [6.45, 7) is 5.32. The van der Waals surface area contributed by atoms with E-state index in [0.717, 1.165) is 12.8 Å². The van der Waals surface area contributed by atoms with Crippen LogP contribution in [0.25, 0.3) is 0 Å². The van der Waals surface area contributed by atoms with E-state index in [0.29, 0.717) is 5.56 Å². The maximum absolute atomic E-state index is 12.7. The number of hydrogen-bond acceptors (Lipinski definition) is 3. The molecule has 0 heterocycles. The molecule has 1 aliphatic rings. The smallest absolute Gasteiger partial charge is 0.335 e. The minimum atomic E-state index is -3.64. The van der Waals surface area contributed by atoms with Crippen LogP contribution in [0.15, 0.2) is 23.1 Å². The van der Waals surface area contributed by atoms with Gasteiger partial charge in [0.15, 0.2) is 0 Å². The van der Waals surface area contributed by atoms with E-state index in [4.69, 9.17) is 5.11 Å². The van der Waals surface area contributed by atoms with Crippen LogP contribution >= 0.6 is 0 Å². The van der Waals surface area contributed by atoms with E-state index in [1.54, 1.807) is 13.0 Å². The van der Waals surface area contributed by atoms with Crippen molar-refractivity contribution in [2.75, 3.05) is 0 Å². The molecule has 0 amide bonds. The number of nitrogens with zero attached hydrogens (tertiary/aromatic N) is 1. The predicted molar refractivity (Wildman–Crippen MR) is 75.3 cm³/mol. The lowest BCUT2D eigenvalue weighted by Crippen LogP contribution is -2.38. The zero-order chi connectivity index (χ0) is 15.1. The molecule has 1 aromatic carbocycles. The second kappa shape index (κ2) is 5.18. The van der Waals surface area contributed by atoms with Gasteiger partial charge in [0.05, 0.1) is 10.5 Å². The van der Waals surface area contributed by atoms with E-state index in [1.165, 1.54) is 16.4 Å². The molecule has 0 spiro atoms. The zero-order valence-electron chi connectivity index (χ0n) is 11.8. The Morgan fingerprint density at radius 1 is 1.35 bits per heavy atom. The van der Waals surface area contributed by atoms with Gasteiger partial charge in [-0.15, -0.1) is 0 Å². The van der Waals surface area contributed by atoms with Gasteiger partial charge in [-0.3, -0.25) is 0 Å². The highest BCUT2D eigenvalue weighted by Gasteiger charge is 2.39. The van der Waals surface area contributed by atoms with E-state index < -0.39 is 16.0 Å². The summed E-state index contributed by atoms with van der Waals surface area (Å²) in [5.74, 6) is -1.11. The summed E-state index contributed by atoms with van der Waals surface area (Å²) in [6, 6.07) is 4.19. The minimum absolute atomic E-state index is 0.0329. The first-order valence-corrected chi connectivity index (χ1v) is 8.06. The van der Waals surface area contributed by atoms with Crippen LogP contribution in [0, 0.1) is 6.92 Å². The van der Waals surface area contributed by atoms with Gasteiger partial charge in [0.25, 0.3) is 0 Å². The van der Waals surface area contributed by atoms with Crippen LogP contribution in [0.5, 0.6) is 0 Å². The van der Waals surface area contributed by atoms with Gasteiger partial charge in [0.2, 0.25) is 10.0 Å². The Bertz CT molecular complexity index is 631. The molecule has 1 N–H and O–H groups in total. The van der Waals surface area contributed by atoms with Crippen molar-refractivity contribution in [3.8, 4) is 0 Å². The van der Waals surface area contributed by atoms with Crippen molar-refractivity contribution in [1.82, 2.24) is 4.31 Å². The van der Waals surface area contributed by atoms with Crippen LogP contribution in [-0.4, -0.2) is 35.9 Å². The molecule has 0 atom stereocenters. The number of hydrogen-bond donors (Lipinski definition) is 1. The highest BCUT2D eigenvalue weighted by atomic mass is 32.2. The quantitative estimate of drug-likeness (QED) is 0.904. The molecule has 5 nitrogen and oxygen atoms in total. The summed E-state index contributed by atoms with van der Waals surface area (Å²) >= 11 is 0. The first-order valence-electron chi connectivity index (χ1n) is 6.62. The van der Waals surface area contributed by atoms with E-state index in [1.807, 2.05) is 13.8 Å². The molecule has 0 saturated heterocycles. The molecule has 1 fully saturated rings. The minimum Gasteiger partial charge on any atom is -0.478 e. The molecule has 0 bridgehead atoms. The normalized spacial score (nSPS) is 15.8. The number of aryl methyl sites for hydroxylation is 1. The summed E-state index contributed by atoms with van der Waals surface area (Å²) in [5.41, 5.74) is 0.588. The van der Waals surface area contributed by atoms with Crippen molar-refractivity contribution in [1.29, 1.82) is 0 Å². The Kier molecular flexibility index (Phi) is 3.88. The fraction of sp³-hybridized carbons (Fsp3) is 0.500. The van der Waals surface area contributed by atoms with Crippen molar-refractivity contribution < 1.29 is 18.3 Å². The summed E-state index contributed by atoms with van der Waals surface area (Å²) in [4.78, 5) is 11.2. The van der Waals surface area contributed by atoms with Gasteiger partial charge in [-0.05, 0) is 51.3 Å². The van der Waals surface area contributed by atoms with Crippen LogP contribution in [0.4, 0.5) is 0 Å². The summed E-state index contributed by atoms with van der Waals surface area (Å²) in [6.07, 6.45) is 1.74. The Labute approximate surface area is 119 Å². The molecule has 0 aromatic heterocycles. The second-order valence-corrected chi connectivity index (χ2v) is 7.28. The third kappa shape index (κ3) is 2.71. The van der Waals surface area contributed by atoms with Crippen molar-refractivity contribution in [3.63, 3.8) is 0 Å². The van der Waals surface area contributed by atoms with Crippen LogP contribution in [0.2, 0.25) is 0 Å². The summed E-state index contributed by atoms with van der Waals surface area (Å²) in [5, 5.41) is 9.12. The van der Waals surface area contributed by atoms with Crippen molar-refractivity contribution in [3.05, 3.63) is 29.3 Å². The molecule has 0 unspecified atom stereocenters. The monoisotopic (exact) mass is 297 g/mol. The third-order valence-corrected chi connectivity index (χ3v) is 5.56. The topological polar surface area (TPSA) is 74.7 Å². The number of aromatic carboxylic acids is 1. The predicted octanol–water partition coefficient (Wildman–Crippen LogP) is 2.25. The average Bonchev–Trinajstić information content (AvgIpc) is 3.12. The molecule has 0 aliphatic heterocycles. The molecule has 1 saturated carbocycles. The van der Waals surface area contributed by atoms with Crippen LogP contribution < -0.4 is 0 Å². The maximum Gasteiger partial charge on any atom is 0.335 e. The van der Waals surface area contributed by atoms with Crippen molar-refractivity contribution >= 4 is 16.0 Å². The largest absolute Gasteiger partial charge is 0.478 e. The number of rotatable bonds is 5. The van der Waals surface area contributed by atoms with Crippen LogP contribution in [0.1, 0.15) is 42.6 Å². The lowest BCUT2D eigenvalue weighted by Gasteiger charge is -2.26. The van der Waals surface area contributed by atoms with Gasteiger partial charge in [-0.2, -0.15) is 4.31 Å². The number of sulfonamides is 1. The van der Waals surface area contributed by atoms with Gasteiger partial charge in [-0.1, -0.05) is 6.07 Å². The Morgan fingerprint density at radius 2 is 1.95 bits per heavy atom. The molecular weight excluding hydrogens is 278 g/mol. The number of carboxylic acids is 1. The van der Waals surface area contributed by atoms with Gasteiger partial charge in [0, 0.05) is 12.1 Å². The number of benzene rings is 1. The second-order valence-electron chi connectivity index (χ2n) is 5.44. The standard InChI is InChI=1S/C14H19NO4S/c1-9(2)15(11-5-6-11)20(18,19)12-7-4-10(3)13(8-12)14(16)17/h4,7-9,11H,5-6H2,1-3H3,(H,16,17). The van der Waals surface area contributed by atoms with Gasteiger partial charge in [0.1, 0.15) is 0 Å². The molecule has 20 heavy (non-hydrogen) atoms. The fourth-order valence-electron chi connectivity index (χ4n) is 2.34. The van der Waals surface area contributed by atoms with Crippen molar-refractivity contribution in [2.45, 2.75) is 50.6 Å². The van der Waals surface area contributed by atoms with E-state index >= 15 is 0 Å². The van der Waals surface area contributed by atoms with Gasteiger partial charge in [-0.25, -0.2) is 13.2 Å². The molecule has 110 valence electrons. The first-order chi connectivity index (χ1) is 9.25. The van der Waals surface area contributed by atoms with Crippen LogP contribution in [0.3, 0.4) is 0 Å². The van der Waals surface area contributed by atoms with Gasteiger partial charge < -0.3 is 5.11 Å². The number of carbonyl (C=O) groups is 1. The molecule has 1 aliphatic carbocycles. The Hall–Kier alpha value is -1.40. The van der Waals surface area contributed by atoms with E-state index in [9.17, 15) is 13.2 Å². The van der Waals surface area contributed by atoms with Gasteiger partial charge >= 0.3 is 5.97 Å². The van der Waals surface area contributed by atoms with E-state index in [-0.39, 0.29) is 22.5 Å². The highest BCUT2D eigenvalue weighted by Crippen LogP contribution is 2.34. The molecular formula is C14H19NO4S. The number of carboxylic acid groups (broad SMARTS) is 1. The first kappa shape index (κ1) is 15.0.